The largest absolute Gasteiger partial charge is 0.351 e. The highest BCUT2D eigenvalue weighted by Crippen LogP contribution is 2.35. The first-order valence-electron chi connectivity index (χ1n) is 6.93. The van der Waals surface area contributed by atoms with E-state index in [9.17, 15) is 0 Å². The Kier molecular flexibility index (Phi) is 1.84. The van der Waals surface area contributed by atoms with E-state index in [2.05, 4.69) is 11.1 Å². The maximum Gasteiger partial charge on any atom is 0.0957 e. The molecule has 98 valence electrons. The number of fused-ring (bicyclic) bond motifs is 4. The van der Waals surface area contributed by atoms with Gasteiger partial charge in [-0.15, -0.1) is 0 Å². The Labute approximate surface area is 119 Å². The molecule has 0 aliphatic carbocycles. The van der Waals surface area contributed by atoms with Crippen molar-refractivity contribution < 1.29 is 0 Å². The van der Waals surface area contributed by atoms with Gasteiger partial charge in [0.05, 0.1) is 27.4 Å². The molecule has 4 aromatic carbocycles. The predicted molar refractivity (Wildman–Crippen MR) is 85.7 cm³/mol. The molecule has 0 radical (unpaired) electrons. The molecule has 1 aromatic heterocycles. The van der Waals surface area contributed by atoms with Crippen LogP contribution >= 0.6 is 0 Å². The number of para-hydroxylation sites is 2. The summed E-state index contributed by atoms with van der Waals surface area (Å²) < 4.78 is 0. The van der Waals surface area contributed by atoms with E-state index in [4.69, 9.17) is 10.4 Å². The average molecular weight is 269 g/mol. The van der Waals surface area contributed by atoms with E-state index in [1.54, 1.807) is 0 Å². The molecule has 0 amide bonds. The van der Waals surface area contributed by atoms with Gasteiger partial charge in [-0.05, 0) is 18.2 Å². The third kappa shape index (κ3) is 1.28. The number of nitrogens with zero attached hydrogens (tertiary/aromatic N) is 1. The Balaban J connectivity index is 2.19. The first-order valence-corrected chi connectivity index (χ1v) is 6.93. The van der Waals surface area contributed by atoms with Crippen LogP contribution in [0.4, 0.5) is 0 Å². The fourth-order valence-electron chi connectivity index (χ4n) is 3.25. The van der Waals surface area contributed by atoms with Crippen LogP contribution in [0.5, 0.6) is 0 Å². The molecule has 0 atom stereocenters. The van der Waals surface area contributed by atoms with Gasteiger partial charge < -0.3 is 10.4 Å². The molecule has 5 aromatic rings. The second kappa shape index (κ2) is 3.58. The fourth-order valence-corrected chi connectivity index (χ4v) is 3.25. The highest BCUT2D eigenvalue weighted by Gasteiger charge is 2.14. The van der Waals surface area contributed by atoms with E-state index in [1.165, 1.54) is 0 Å². The first kappa shape index (κ1) is 10.8. The Bertz CT molecular complexity index is 1150. The van der Waals surface area contributed by atoms with Crippen molar-refractivity contribution in [3.63, 3.8) is 0 Å². The number of hydrogen-bond donors (Lipinski definition) is 2. The van der Waals surface area contributed by atoms with Crippen molar-refractivity contribution in [1.29, 1.82) is 5.41 Å². The lowest BCUT2D eigenvalue weighted by molar-refractivity contribution is 1.31. The summed E-state index contributed by atoms with van der Waals surface area (Å²) in [7, 11) is 0. The molecule has 0 saturated heterocycles. The minimum atomic E-state index is 0.563. The van der Waals surface area contributed by atoms with Crippen molar-refractivity contribution in [2.24, 2.45) is 0 Å². The highest BCUT2D eigenvalue weighted by molar-refractivity contribution is 6.28. The van der Waals surface area contributed by atoms with E-state index in [0.717, 1.165) is 43.6 Å². The van der Waals surface area contributed by atoms with Crippen molar-refractivity contribution in [3.05, 3.63) is 60.0 Å². The number of rotatable bonds is 0. The summed E-state index contributed by atoms with van der Waals surface area (Å²) in [5, 5.41) is 13.1. The number of hydrogen-bond acceptors (Lipinski definition) is 2. The minimum Gasteiger partial charge on any atom is -0.351 e. The molecule has 5 rings (SSSR count). The zero-order chi connectivity index (χ0) is 14.0. The van der Waals surface area contributed by atoms with Gasteiger partial charge in [-0.3, -0.25) is 0 Å². The van der Waals surface area contributed by atoms with Crippen LogP contribution in [-0.2, 0) is 0 Å². The molecule has 0 saturated carbocycles. The molecule has 0 aliphatic heterocycles. The van der Waals surface area contributed by atoms with Crippen LogP contribution in [0.2, 0.25) is 0 Å². The molecule has 21 heavy (non-hydrogen) atoms. The zero-order valence-corrected chi connectivity index (χ0v) is 11.1. The Morgan fingerprint density at radius 2 is 1.67 bits per heavy atom. The van der Waals surface area contributed by atoms with Gasteiger partial charge >= 0.3 is 0 Å². The number of benzene rings is 3. The van der Waals surface area contributed by atoms with Gasteiger partial charge in [0.2, 0.25) is 0 Å². The van der Waals surface area contributed by atoms with Crippen molar-refractivity contribution in [2.45, 2.75) is 0 Å². The lowest BCUT2D eigenvalue weighted by Gasteiger charge is -1.99. The Hall–Kier alpha value is -2.94. The van der Waals surface area contributed by atoms with Crippen LogP contribution in [0.1, 0.15) is 0 Å². The van der Waals surface area contributed by atoms with Gasteiger partial charge in [-0.2, -0.15) is 0 Å². The maximum atomic E-state index is 8.11. The molecule has 3 nitrogen and oxygen atoms in total. The van der Waals surface area contributed by atoms with Gasteiger partial charge in [0.25, 0.3) is 0 Å². The lowest BCUT2D eigenvalue weighted by Crippen LogP contribution is -1.97. The fraction of sp³-hybridized carbons (Fsp3) is 0. The molecular formula is C18H11N3. The SMILES string of the molecule is N=c1ccc2c3[nH]c4ccccc4nc3c3cccc1c32. The molecular weight excluding hydrogens is 258 g/mol. The van der Waals surface area contributed by atoms with Crippen LogP contribution in [0.15, 0.2) is 54.6 Å². The normalized spacial score (nSPS) is 12.0. The standard InChI is InChI=1S/C18H11N3/c19-13-9-8-12-16-10(13)4-3-5-11(16)17-18(12)21-15-7-2-1-6-14(15)20-17/h1-9,19,21H. The summed E-state index contributed by atoms with van der Waals surface area (Å²) in [6.45, 7) is 0. The van der Waals surface area contributed by atoms with Crippen LogP contribution in [0.25, 0.3) is 43.6 Å². The van der Waals surface area contributed by atoms with Crippen LogP contribution in [0, 0.1) is 5.41 Å². The topological polar surface area (TPSA) is 52.5 Å². The first-order chi connectivity index (χ1) is 10.3. The molecule has 1 heterocycles. The van der Waals surface area contributed by atoms with Gasteiger partial charge in [0.1, 0.15) is 0 Å². The van der Waals surface area contributed by atoms with Crippen LogP contribution in [0.3, 0.4) is 0 Å². The van der Waals surface area contributed by atoms with Crippen LogP contribution in [-0.4, -0.2) is 9.97 Å². The van der Waals surface area contributed by atoms with Crippen LogP contribution < -0.4 is 5.36 Å². The van der Waals surface area contributed by atoms with E-state index in [0.29, 0.717) is 5.36 Å². The number of nitrogens with one attached hydrogen (secondary N) is 2. The molecule has 3 heteroatoms. The number of aromatic amines is 1. The van der Waals surface area contributed by atoms with Crippen molar-refractivity contribution in [2.75, 3.05) is 0 Å². The monoisotopic (exact) mass is 269 g/mol. The van der Waals surface area contributed by atoms with E-state index < -0.39 is 0 Å². The third-order valence-corrected chi connectivity index (χ3v) is 4.20. The molecule has 0 bridgehead atoms. The van der Waals surface area contributed by atoms with Gasteiger partial charge in [0, 0.05) is 21.5 Å². The molecule has 0 fully saturated rings. The third-order valence-electron chi connectivity index (χ3n) is 4.20. The van der Waals surface area contributed by atoms with Crippen molar-refractivity contribution in [1.82, 2.24) is 9.97 Å². The molecule has 0 spiro atoms. The van der Waals surface area contributed by atoms with Gasteiger partial charge in [0.15, 0.2) is 0 Å². The lowest BCUT2D eigenvalue weighted by atomic mass is 10.1. The van der Waals surface area contributed by atoms with E-state index in [-0.39, 0.29) is 0 Å². The van der Waals surface area contributed by atoms with Crippen molar-refractivity contribution >= 4 is 43.6 Å². The second-order valence-corrected chi connectivity index (χ2v) is 5.37. The molecule has 0 aliphatic rings. The summed E-state index contributed by atoms with van der Waals surface area (Å²) >= 11 is 0. The zero-order valence-electron chi connectivity index (χ0n) is 11.1. The molecule has 2 N–H and O–H groups in total. The number of H-pyrrole nitrogens is 1. The number of aromatic nitrogens is 2. The predicted octanol–water partition coefficient (Wildman–Crippen LogP) is 3.94. The summed E-state index contributed by atoms with van der Waals surface area (Å²) in [5.74, 6) is 0. The molecule has 0 unspecified atom stereocenters. The minimum absolute atomic E-state index is 0.563. The smallest absolute Gasteiger partial charge is 0.0957 e. The maximum absolute atomic E-state index is 8.11. The Morgan fingerprint density at radius 3 is 2.62 bits per heavy atom. The van der Waals surface area contributed by atoms with E-state index in [1.807, 2.05) is 48.5 Å². The summed E-state index contributed by atoms with van der Waals surface area (Å²) in [6, 6.07) is 18.1. The summed E-state index contributed by atoms with van der Waals surface area (Å²) in [5.41, 5.74) is 4.04. The summed E-state index contributed by atoms with van der Waals surface area (Å²) in [4.78, 5) is 8.34. The second-order valence-electron chi connectivity index (χ2n) is 5.37. The average Bonchev–Trinajstić information content (AvgIpc) is 2.84. The van der Waals surface area contributed by atoms with Crippen molar-refractivity contribution in [3.8, 4) is 0 Å². The van der Waals surface area contributed by atoms with E-state index >= 15 is 0 Å². The van der Waals surface area contributed by atoms with Gasteiger partial charge in [-0.25, -0.2) is 4.98 Å². The Morgan fingerprint density at radius 1 is 0.810 bits per heavy atom. The summed E-state index contributed by atoms with van der Waals surface area (Å²) in [6.07, 6.45) is 0. The quantitative estimate of drug-likeness (QED) is 0.439. The van der Waals surface area contributed by atoms with Gasteiger partial charge in [-0.1, -0.05) is 36.4 Å². The highest BCUT2D eigenvalue weighted by atomic mass is 14.8.